The molecule has 0 aromatic heterocycles. The molecule has 92 valence electrons. The van der Waals surface area contributed by atoms with Gasteiger partial charge in [-0.15, -0.1) is 0 Å². The topological polar surface area (TPSA) is 80.5 Å². The van der Waals surface area contributed by atoms with Gasteiger partial charge in [-0.25, -0.2) is 8.42 Å². The van der Waals surface area contributed by atoms with E-state index in [2.05, 4.69) is 0 Å². The van der Waals surface area contributed by atoms with Gasteiger partial charge in [-0.05, 0) is 26.0 Å². The fourth-order valence-electron chi connectivity index (χ4n) is 2.00. The Balaban J connectivity index is 2.87. The first-order chi connectivity index (χ1) is 7.71. The standard InChI is InChI=1S/C11H14N2O3S/c1-11(2)13(3)9-7(10(12)14)5-4-6-8(9)17(11,15)16/h4-6H,1-3H3,(H2,12,14). The van der Waals surface area contributed by atoms with Crippen LogP contribution in [0.3, 0.4) is 0 Å². The van der Waals surface area contributed by atoms with Crippen LogP contribution in [0.25, 0.3) is 0 Å². The van der Waals surface area contributed by atoms with Gasteiger partial charge in [0.15, 0.2) is 0 Å². The predicted octanol–water partition coefficient (Wildman–Crippen LogP) is 0.745. The first kappa shape index (κ1) is 11.9. The van der Waals surface area contributed by atoms with E-state index in [1.807, 2.05) is 0 Å². The second-order valence-corrected chi connectivity index (χ2v) is 6.97. The van der Waals surface area contributed by atoms with Crippen LogP contribution in [0.1, 0.15) is 24.2 Å². The zero-order valence-corrected chi connectivity index (χ0v) is 10.7. The third kappa shape index (κ3) is 1.30. The summed E-state index contributed by atoms with van der Waals surface area (Å²) in [6.07, 6.45) is 0. The number of nitrogens with two attached hydrogens (primary N) is 1. The summed E-state index contributed by atoms with van der Waals surface area (Å²) < 4.78 is 24.6. The van der Waals surface area contributed by atoms with Crippen molar-refractivity contribution in [2.24, 2.45) is 5.73 Å². The molecule has 17 heavy (non-hydrogen) atoms. The largest absolute Gasteiger partial charge is 0.366 e. The van der Waals surface area contributed by atoms with Crippen molar-refractivity contribution < 1.29 is 13.2 Å². The molecule has 2 N–H and O–H groups in total. The Labute approximate surface area is 100 Å². The molecule has 1 aliphatic rings. The molecular weight excluding hydrogens is 240 g/mol. The molecule has 1 heterocycles. The fraction of sp³-hybridized carbons (Fsp3) is 0.364. The van der Waals surface area contributed by atoms with Crippen molar-refractivity contribution in [3.05, 3.63) is 23.8 Å². The second-order valence-electron chi connectivity index (χ2n) is 4.53. The van der Waals surface area contributed by atoms with Gasteiger partial charge >= 0.3 is 0 Å². The van der Waals surface area contributed by atoms with E-state index in [-0.39, 0.29) is 10.5 Å². The zero-order chi connectivity index (χ0) is 13.0. The summed E-state index contributed by atoms with van der Waals surface area (Å²) >= 11 is 0. The maximum absolute atomic E-state index is 12.3. The van der Waals surface area contributed by atoms with Crippen LogP contribution in [0.15, 0.2) is 23.1 Å². The number of hydrogen-bond donors (Lipinski definition) is 1. The molecule has 0 aliphatic carbocycles. The summed E-state index contributed by atoms with van der Waals surface area (Å²) in [6, 6.07) is 4.57. The van der Waals surface area contributed by atoms with Gasteiger partial charge in [0.1, 0.15) is 4.87 Å². The molecule has 0 bridgehead atoms. The number of amides is 1. The normalized spacial score (nSPS) is 20.1. The van der Waals surface area contributed by atoms with Crippen LogP contribution in [0, 0.1) is 0 Å². The summed E-state index contributed by atoms with van der Waals surface area (Å²) in [5, 5.41) is 0. The average Bonchev–Trinajstić information content (AvgIpc) is 2.38. The van der Waals surface area contributed by atoms with Crippen molar-refractivity contribution in [3.63, 3.8) is 0 Å². The van der Waals surface area contributed by atoms with Crippen LogP contribution < -0.4 is 10.6 Å². The van der Waals surface area contributed by atoms with Crippen molar-refractivity contribution in [2.45, 2.75) is 23.6 Å². The average molecular weight is 254 g/mol. The van der Waals surface area contributed by atoms with E-state index in [4.69, 9.17) is 5.73 Å². The van der Waals surface area contributed by atoms with Crippen molar-refractivity contribution >= 4 is 21.4 Å². The summed E-state index contributed by atoms with van der Waals surface area (Å²) in [5.74, 6) is -0.624. The van der Waals surface area contributed by atoms with Gasteiger partial charge in [-0.2, -0.15) is 0 Å². The molecule has 0 saturated carbocycles. The number of para-hydroxylation sites is 1. The van der Waals surface area contributed by atoms with Crippen LogP contribution in [0.5, 0.6) is 0 Å². The first-order valence-corrected chi connectivity index (χ1v) is 6.61. The highest BCUT2D eigenvalue weighted by Crippen LogP contribution is 2.45. The van der Waals surface area contributed by atoms with Crippen molar-refractivity contribution in [1.29, 1.82) is 0 Å². The number of rotatable bonds is 1. The van der Waals surface area contributed by atoms with Gasteiger partial charge in [-0.3, -0.25) is 4.79 Å². The molecule has 5 nitrogen and oxygen atoms in total. The summed E-state index contributed by atoms with van der Waals surface area (Å²) in [7, 11) is -1.82. The van der Waals surface area contributed by atoms with E-state index >= 15 is 0 Å². The van der Waals surface area contributed by atoms with Crippen LogP contribution in [-0.4, -0.2) is 26.2 Å². The van der Waals surface area contributed by atoms with Crippen LogP contribution in [0.2, 0.25) is 0 Å². The molecule has 1 aromatic carbocycles. The van der Waals surface area contributed by atoms with Gasteiger partial charge in [-0.1, -0.05) is 6.07 Å². The third-order valence-corrected chi connectivity index (χ3v) is 5.85. The summed E-state index contributed by atoms with van der Waals surface area (Å²) in [5.41, 5.74) is 5.89. The minimum absolute atomic E-state index is 0.168. The second kappa shape index (κ2) is 3.22. The quantitative estimate of drug-likeness (QED) is 0.801. The first-order valence-electron chi connectivity index (χ1n) is 5.12. The minimum Gasteiger partial charge on any atom is -0.366 e. The van der Waals surface area contributed by atoms with E-state index < -0.39 is 20.6 Å². The highest BCUT2D eigenvalue weighted by Gasteiger charge is 2.49. The van der Waals surface area contributed by atoms with E-state index in [0.717, 1.165) is 0 Å². The number of benzene rings is 1. The highest BCUT2D eigenvalue weighted by molar-refractivity contribution is 7.93. The molecule has 2 rings (SSSR count). The molecule has 0 radical (unpaired) electrons. The van der Waals surface area contributed by atoms with Crippen LogP contribution in [0.4, 0.5) is 5.69 Å². The number of carbonyl (C=O) groups is 1. The molecule has 1 aromatic rings. The van der Waals surface area contributed by atoms with Crippen molar-refractivity contribution in [1.82, 2.24) is 0 Å². The van der Waals surface area contributed by atoms with Gasteiger partial charge in [0.25, 0.3) is 5.91 Å². The Bertz CT molecular complexity index is 605. The minimum atomic E-state index is -3.47. The van der Waals surface area contributed by atoms with Gasteiger partial charge < -0.3 is 10.6 Å². The number of sulfone groups is 1. The Hall–Kier alpha value is -1.56. The third-order valence-electron chi connectivity index (χ3n) is 3.35. The Morgan fingerprint density at radius 3 is 2.47 bits per heavy atom. The fourth-order valence-corrected chi connectivity index (χ4v) is 3.75. The molecule has 0 spiro atoms. The molecule has 0 atom stereocenters. The number of nitrogens with zero attached hydrogens (tertiary/aromatic N) is 1. The lowest BCUT2D eigenvalue weighted by molar-refractivity contribution is 0.100. The Morgan fingerprint density at radius 2 is 1.94 bits per heavy atom. The maximum Gasteiger partial charge on any atom is 0.250 e. The molecule has 0 saturated heterocycles. The van der Waals surface area contributed by atoms with Gasteiger partial charge in [0.2, 0.25) is 9.84 Å². The number of primary amides is 1. The Morgan fingerprint density at radius 1 is 1.35 bits per heavy atom. The van der Waals surface area contributed by atoms with Gasteiger partial charge in [0.05, 0.1) is 16.1 Å². The van der Waals surface area contributed by atoms with E-state index in [1.54, 1.807) is 25.8 Å². The lowest BCUT2D eigenvalue weighted by Gasteiger charge is -2.28. The lowest BCUT2D eigenvalue weighted by atomic mass is 10.1. The number of anilines is 1. The monoisotopic (exact) mass is 254 g/mol. The zero-order valence-electron chi connectivity index (χ0n) is 9.89. The summed E-state index contributed by atoms with van der Waals surface area (Å²) in [6.45, 7) is 3.21. The molecule has 0 fully saturated rings. The Kier molecular flexibility index (Phi) is 2.26. The summed E-state index contributed by atoms with van der Waals surface area (Å²) in [4.78, 5) is 12.0. The predicted molar refractivity (Wildman–Crippen MR) is 64.6 cm³/mol. The molecular formula is C11H14N2O3S. The molecule has 1 aliphatic heterocycles. The molecule has 1 amide bonds. The maximum atomic E-state index is 12.3. The number of fused-ring (bicyclic) bond motifs is 1. The van der Waals surface area contributed by atoms with E-state index in [1.165, 1.54) is 18.2 Å². The van der Waals surface area contributed by atoms with Crippen molar-refractivity contribution in [2.75, 3.05) is 11.9 Å². The molecule has 6 heteroatoms. The molecule has 0 unspecified atom stereocenters. The lowest BCUT2D eigenvalue weighted by Crippen LogP contribution is -2.42. The van der Waals surface area contributed by atoms with E-state index in [9.17, 15) is 13.2 Å². The van der Waals surface area contributed by atoms with Crippen molar-refractivity contribution in [3.8, 4) is 0 Å². The van der Waals surface area contributed by atoms with Crippen LogP contribution >= 0.6 is 0 Å². The number of carbonyl (C=O) groups excluding carboxylic acids is 1. The van der Waals surface area contributed by atoms with Crippen LogP contribution in [-0.2, 0) is 9.84 Å². The smallest absolute Gasteiger partial charge is 0.250 e. The van der Waals surface area contributed by atoms with Gasteiger partial charge in [0, 0.05) is 7.05 Å². The number of hydrogen-bond acceptors (Lipinski definition) is 4. The highest BCUT2D eigenvalue weighted by atomic mass is 32.2. The van der Waals surface area contributed by atoms with E-state index in [0.29, 0.717) is 5.69 Å². The SMILES string of the molecule is CN1c2c(C(N)=O)cccc2S(=O)(=O)C1(C)C.